The third-order valence-electron chi connectivity index (χ3n) is 3.52. The monoisotopic (exact) mass is 375 g/mol. The van der Waals surface area contributed by atoms with Crippen LogP contribution in [0.3, 0.4) is 0 Å². The largest absolute Gasteiger partial charge is 0.493 e. The zero-order valence-corrected chi connectivity index (χ0v) is 15.1. The summed E-state index contributed by atoms with van der Waals surface area (Å²) in [6.07, 6.45) is -1.30. The van der Waals surface area contributed by atoms with E-state index in [1.54, 1.807) is 24.3 Å². The Bertz CT molecular complexity index is 759. The number of benzene rings is 2. The van der Waals surface area contributed by atoms with E-state index in [0.717, 1.165) is 12.1 Å². The van der Waals surface area contributed by atoms with Crippen molar-refractivity contribution in [3.63, 3.8) is 0 Å². The molecule has 2 N–H and O–H groups in total. The molecule has 1 amide bonds. The quantitative estimate of drug-likeness (QED) is 0.703. The van der Waals surface area contributed by atoms with Crippen molar-refractivity contribution in [1.82, 2.24) is 5.32 Å². The number of nitrogens with one attached hydrogen (secondary N) is 1. The second kappa shape index (κ2) is 9.56. The normalized spacial score (nSPS) is 11.7. The Balaban J connectivity index is 1.91. The highest BCUT2D eigenvalue weighted by atomic mass is 19.1. The molecule has 7 heteroatoms. The molecule has 1 unspecified atom stereocenters. The molecule has 6 nitrogen and oxygen atoms in total. The van der Waals surface area contributed by atoms with Gasteiger partial charge in [0.1, 0.15) is 17.3 Å². The van der Waals surface area contributed by atoms with E-state index in [9.17, 15) is 19.1 Å². The summed E-state index contributed by atoms with van der Waals surface area (Å²) in [6.45, 7) is 4.41. The van der Waals surface area contributed by atoms with E-state index in [1.165, 1.54) is 12.1 Å². The molecular weight excluding hydrogens is 353 g/mol. The van der Waals surface area contributed by atoms with Crippen molar-refractivity contribution in [2.45, 2.75) is 20.0 Å². The van der Waals surface area contributed by atoms with Crippen LogP contribution in [0.15, 0.2) is 48.5 Å². The van der Waals surface area contributed by atoms with Crippen LogP contribution < -0.4 is 14.8 Å². The number of carbonyl (C=O) groups excluding carboxylic acids is 1. The van der Waals surface area contributed by atoms with Crippen LogP contribution in [-0.4, -0.2) is 36.2 Å². The zero-order chi connectivity index (χ0) is 19.8. The fourth-order valence-corrected chi connectivity index (χ4v) is 2.11. The SMILES string of the molecule is CC(C)COc1ccc(C(=O)NCC(Oc2ccc(F)cc2)C(=O)O)cc1. The van der Waals surface area contributed by atoms with Crippen molar-refractivity contribution in [2.24, 2.45) is 5.92 Å². The van der Waals surface area contributed by atoms with Gasteiger partial charge in [-0.25, -0.2) is 9.18 Å². The minimum Gasteiger partial charge on any atom is -0.493 e. The molecule has 0 fully saturated rings. The van der Waals surface area contributed by atoms with Gasteiger partial charge in [-0.2, -0.15) is 0 Å². The smallest absolute Gasteiger partial charge is 0.346 e. The number of hydrogen-bond donors (Lipinski definition) is 2. The van der Waals surface area contributed by atoms with Gasteiger partial charge in [-0.3, -0.25) is 4.79 Å². The number of carboxylic acids is 1. The van der Waals surface area contributed by atoms with Crippen LogP contribution in [0, 0.1) is 11.7 Å². The summed E-state index contributed by atoms with van der Waals surface area (Å²) in [6, 6.07) is 11.5. The van der Waals surface area contributed by atoms with Crippen LogP contribution in [-0.2, 0) is 4.79 Å². The summed E-state index contributed by atoms with van der Waals surface area (Å²) in [4.78, 5) is 23.5. The van der Waals surface area contributed by atoms with Gasteiger partial charge in [-0.15, -0.1) is 0 Å². The molecule has 0 saturated heterocycles. The van der Waals surface area contributed by atoms with Crippen molar-refractivity contribution in [3.05, 3.63) is 59.9 Å². The van der Waals surface area contributed by atoms with Gasteiger partial charge in [0.25, 0.3) is 5.91 Å². The Kier molecular flexibility index (Phi) is 7.16. The average Bonchev–Trinajstić information content (AvgIpc) is 2.64. The van der Waals surface area contributed by atoms with Gasteiger partial charge in [-0.1, -0.05) is 13.8 Å². The second-order valence-corrected chi connectivity index (χ2v) is 6.34. The molecule has 2 aromatic carbocycles. The maximum Gasteiger partial charge on any atom is 0.346 e. The fourth-order valence-electron chi connectivity index (χ4n) is 2.11. The molecule has 0 aliphatic carbocycles. The number of aliphatic carboxylic acids is 1. The molecule has 27 heavy (non-hydrogen) atoms. The number of carbonyl (C=O) groups is 2. The predicted octanol–water partition coefficient (Wildman–Crippen LogP) is 3.12. The third-order valence-corrected chi connectivity index (χ3v) is 3.52. The van der Waals surface area contributed by atoms with Gasteiger partial charge in [0.2, 0.25) is 6.10 Å². The molecule has 2 aromatic rings. The van der Waals surface area contributed by atoms with Crippen molar-refractivity contribution >= 4 is 11.9 Å². The summed E-state index contributed by atoms with van der Waals surface area (Å²) in [7, 11) is 0. The van der Waals surface area contributed by atoms with Crippen LogP contribution in [0.4, 0.5) is 4.39 Å². The average molecular weight is 375 g/mol. The number of hydrogen-bond acceptors (Lipinski definition) is 4. The first-order valence-corrected chi connectivity index (χ1v) is 8.51. The standard InChI is InChI=1S/C20H22FNO5/c1-13(2)12-26-16-7-3-14(4-8-16)19(23)22-11-18(20(24)25)27-17-9-5-15(21)6-10-17/h3-10,13,18H,11-12H2,1-2H3,(H,22,23)(H,24,25). The van der Waals surface area contributed by atoms with Crippen LogP contribution in [0.2, 0.25) is 0 Å². The zero-order valence-electron chi connectivity index (χ0n) is 15.1. The molecule has 0 saturated carbocycles. The number of amides is 1. The molecule has 0 aliphatic rings. The molecule has 0 radical (unpaired) electrons. The summed E-state index contributed by atoms with van der Waals surface area (Å²) in [5, 5.41) is 11.8. The van der Waals surface area contributed by atoms with Crippen molar-refractivity contribution < 1.29 is 28.6 Å². The molecular formula is C20H22FNO5. The first-order chi connectivity index (χ1) is 12.8. The number of ether oxygens (including phenoxy) is 2. The molecule has 0 aliphatic heterocycles. The predicted molar refractivity (Wildman–Crippen MR) is 97.6 cm³/mol. The van der Waals surface area contributed by atoms with E-state index >= 15 is 0 Å². The topological polar surface area (TPSA) is 84.9 Å². The molecule has 2 rings (SSSR count). The summed E-state index contributed by atoms with van der Waals surface area (Å²) < 4.78 is 23.7. The molecule has 0 aromatic heterocycles. The Morgan fingerprint density at radius 2 is 1.63 bits per heavy atom. The molecule has 0 heterocycles. The van der Waals surface area contributed by atoms with E-state index in [1.807, 2.05) is 13.8 Å². The maximum absolute atomic E-state index is 12.9. The van der Waals surface area contributed by atoms with E-state index in [0.29, 0.717) is 23.8 Å². The lowest BCUT2D eigenvalue weighted by molar-refractivity contribution is -0.144. The Hall–Kier alpha value is -3.09. The number of rotatable bonds is 9. The highest BCUT2D eigenvalue weighted by Gasteiger charge is 2.21. The Morgan fingerprint density at radius 1 is 1.04 bits per heavy atom. The van der Waals surface area contributed by atoms with Gasteiger partial charge in [0.05, 0.1) is 13.2 Å². The minimum atomic E-state index is -1.30. The second-order valence-electron chi connectivity index (χ2n) is 6.34. The van der Waals surface area contributed by atoms with Crippen LogP contribution in [0.5, 0.6) is 11.5 Å². The van der Waals surface area contributed by atoms with Crippen molar-refractivity contribution in [1.29, 1.82) is 0 Å². The number of carboxylic acid groups (broad SMARTS) is 1. The first-order valence-electron chi connectivity index (χ1n) is 8.51. The highest BCUT2D eigenvalue weighted by Crippen LogP contribution is 2.15. The minimum absolute atomic E-state index is 0.199. The fraction of sp³-hybridized carbons (Fsp3) is 0.300. The Labute approximate surface area is 156 Å². The lowest BCUT2D eigenvalue weighted by Gasteiger charge is -2.16. The van der Waals surface area contributed by atoms with Crippen LogP contribution in [0.1, 0.15) is 24.2 Å². The molecule has 1 atom stereocenters. The van der Waals surface area contributed by atoms with Gasteiger partial charge >= 0.3 is 5.97 Å². The van der Waals surface area contributed by atoms with Gasteiger partial charge in [0, 0.05) is 5.56 Å². The summed E-state index contributed by atoms with van der Waals surface area (Å²) in [5.41, 5.74) is 0.373. The van der Waals surface area contributed by atoms with Crippen LogP contribution in [0.25, 0.3) is 0 Å². The van der Waals surface area contributed by atoms with Crippen molar-refractivity contribution in [2.75, 3.05) is 13.2 Å². The van der Waals surface area contributed by atoms with Gasteiger partial charge in [-0.05, 0) is 54.4 Å². The van der Waals surface area contributed by atoms with E-state index in [2.05, 4.69) is 5.32 Å². The summed E-state index contributed by atoms with van der Waals surface area (Å²) in [5.74, 6) is -0.880. The van der Waals surface area contributed by atoms with Crippen LogP contribution >= 0.6 is 0 Å². The summed E-state index contributed by atoms with van der Waals surface area (Å²) >= 11 is 0. The molecule has 0 bridgehead atoms. The third kappa shape index (κ3) is 6.62. The maximum atomic E-state index is 12.9. The van der Waals surface area contributed by atoms with Gasteiger partial charge < -0.3 is 19.9 Å². The number of halogens is 1. The lowest BCUT2D eigenvalue weighted by Crippen LogP contribution is -2.40. The lowest BCUT2D eigenvalue weighted by atomic mass is 10.2. The van der Waals surface area contributed by atoms with Gasteiger partial charge in [0.15, 0.2) is 0 Å². The van der Waals surface area contributed by atoms with E-state index in [4.69, 9.17) is 9.47 Å². The first kappa shape index (κ1) is 20.2. The van der Waals surface area contributed by atoms with E-state index < -0.39 is 23.8 Å². The highest BCUT2D eigenvalue weighted by molar-refractivity contribution is 5.94. The molecule has 0 spiro atoms. The Morgan fingerprint density at radius 3 is 2.19 bits per heavy atom. The molecule has 144 valence electrons. The van der Waals surface area contributed by atoms with E-state index in [-0.39, 0.29) is 12.3 Å². The van der Waals surface area contributed by atoms with Crippen molar-refractivity contribution in [3.8, 4) is 11.5 Å².